The molecule has 1 amide bonds. The molecule has 5 aromatic rings. The molecule has 5 rings (SSSR count). The van der Waals surface area contributed by atoms with Gasteiger partial charge in [-0.05, 0) is 41.1 Å². The lowest BCUT2D eigenvalue weighted by Gasteiger charge is -2.13. The van der Waals surface area contributed by atoms with Crippen molar-refractivity contribution in [3.05, 3.63) is 100 Å². The molecule has 0 fully saturated rings. The van der Waals surface area contributed by atoms with Gasteiger partial charge in [0.25, 0.3) is 5.91 Å². The van der Waals surface area contributed by atoms with Crippen LogP contribution in [0.25, 0.3) is 21.0 Å². The molecule has 0 aliphatic heterocycles. The topological polar surface area (TPSA) is 63.6 Å². The molecule has 0 aliphatic carbocycles. The molecule has 0 unspecified atom stereocenters. The fourth-order valence-corrected chi connectivity index (χ4v) is 5.96. The van der Waals surface area contributed by atoms with Gasteiger partial charge >= 0.3 is 0 Å². The van der Waals surface area contributed by atoms with Gasteiger partial charge in [-0.15, -0.1) is 11.3 Å². The monoisotopic (exact) mass is 551 g/mol. The van der Waals surface area contributed by atoms with Crippen LogP contribution in [0.3, 0.4) is 0 Å². The number of aromatic nitrogens is 1. The number of nitrogens with one attached hydrogen (secondary N) is 1. The predicted molar refractivity (Wildman–Crippen MR) is 151 cm³/mol. The number of carbonyl (C=O) groups is 1. The average Bonchev–Trinajstić information content (AvgIpc) is 3.31. The summed E-state index contributed by atoms with van der Waals surface area (Å²) in [7, 11) is 0. The van der Waals surface area contributed by atoms with Gasteiger partial charge in [-0.25, -0.2) is 10.4 Å². The van der Waals surface area contributed by atoms with E-state index in [4.69, 9.17) is 27.9 Å². The van der Waals surface area contributed by atoms with Crippen LogP contribution in [-0.2, 0) is 11.4 Å². The normalized spacial score (nSPS) is 11.4. The molecule has 0 saturated heterocycles. The number of hydrogen-bond donors (Lipinski definition) is 1. The highest BCUT2D eigenvalue weighted by Gasteiger charge is 2.12. The molecule has 1 N–H and O–H groups in total. The Labute approximate surface area is 226 Å². The lowest BCUT2D eigenvalue weighted by molar-refractivity contribution is -0.118. The van der Waals surface area contributed by atoms with Crippen LogP contribution in [0.1, 0.15) is 11.1 Å². The molecule has 0 aliphatic rings. The lowest BCUT2D eigenvalue weighted by atomic mass is 10.0. The van der Waals surface area contributed by atoms with Crippen LogP contribution in [-0.4, -0.2) is 22.9 Å². The number of thioether (sulfide) groups is 1. The van der Waals surface area contributed by atoms with Gasteiger partial charge in [0.1, 0.15) is 12.4 Å². The van der Waals surface area contributed by atoms with Crippen molar-refractivity contribution in [1.82, 2.24) is 10.4 Å². The number of para-hydroxylation sites is 1. The first-order chi connectivity index (χ1) is 17.6. The Morgan fingerprint density at radius 2 is 1.78 bits per heavy atom. The summed E-state index contributed by atoms with van der Waals surface area (Å²) in [6.07, 6.45) is 1.60. The third-order valence-electron chi connectivity index (χ3n) is 5.35. The molecule has 1 heterocycles. The first-order valence-corrected chi connectivity index (χ1v) is 13.5. The number of halogens is 2. The first kappa shape index (κ1) is 24.6. The van der Waals surface area contributed by atoms with Gasteiger partial charge in [-0.1, -0.05) is 83.5 Å². The summed E-state index contributed by atoms with van der Waals surface area (Å²) >= 11 is 15.6. The summed E-state index contributed by atoms with van der Waals surface area (Å²) in [5.41, 5.74) is 4.99. The molecule has 9 heteroatoms. The molecule has 1 aromatic heterocycles. The summed E-state index contributed by atoms with van der Waals surface area (Å²) in [5, 5.41) is 7.26. The van der Waals surface area contributed by atoms with Gasteiger partial charge in [-0.3, -0.25) is 4.79 Å². The van der Waals surface area contributed by atoms with Crippen LogP contribution in [0.15, 0.2) is 88.3 Å². The van der Waals surface area contributed by atoms with Gasteiger partial charge in [0.2, 0.25) is 0 Å². The molecule has 0 atom stereocenters. The van der Waals surface area contributed by atoms with E-state index in [1.165, 1.54) is 11.8 Å². The Kier molecular flexibility index (Phi) is 7.72. The average molecular weight is 553 g/mol. The smallest absolute Gasteiger partial charge is 0.250 e. The van der Waals surface area contributed by atoms with Gasteiger partial charge in [0, 0.05) is 21.2 Å². The predicted octanol–water partition coefficient (Wildman–Crippen LogP) is 7.58. The number of thiazole rings is 1. The van der Waals surface area contributed by atoms with E-state index in [0.717, 1.165) is 30.9 Å². The number of amides is 1. The summed E-state index contributed by atoms with van der Waals surface area (Å²) in [5.74, 6) is 0.591. The van der Waals surface area contributed by atoms with Gasteiger partial charge in [0.15, 0.2) is 4.34 Å². The van der Waals surface area contributed by atoms with Crippen molar-refractivity contribution in [2.24, 2.45) is 5.10 Å². The molecule has 0 saturated carbocycles. The molecule has 4 aromatic carbocycles. The Morgan fingerprint density at radius 3 is 2.61 bits per heavy atom. The highest BCUT2D eigenvalue weighted by Crippen LogP contribution is 2.31. The van der Waals surface area contributed by atoms with Crippen molar-refractivity contribution in [3.63, 3.8) is 0 Å². The molecular formula is C27H19Cl2N3O2S2. The number of hydrazone groups is 1. The van der Waals surface area contributed by atoms with E-state index in [0.29, 0.717) is 21.4 Å². The Bertz CT molecular complexity index is 1530. The van der Waals surface area contributed by atoms with Gasteiger partial charge in [0.05, 0.1) is 22.2 Å². The molecule has 5 nitrogen and oxygen atoms in total. The third kappa shape index (κ3) is 5.65. The number of carbonyl (C=O) groups excluding carboxylic acids is 1. The van der Waals surface area contributed by atoms with Crippen LogP contribution < -0.4 is 10.2 Å². The number of fused-ring (bicyclic) bond motifs is 2. The number of hydrogen-bond acceptors (Lipinski definition) is 6. The molecule has 180 valence electrons. The minimum absolute atomic E-state index is 0.197. The fraction of sp³-hybridized carbons (Fsp3) is 0.0741. The summed E-state index contributed by atoms with van der Waals surface area (Å²) in [4.78, 5) is 17.0. The fourth-order valence-electron chi connectivity index (χ4n) is 3.60. The maximum atomic E-state index is 12.4. The lowest BCUT2D eigenvalue weighted by Crippen LogP contribution is -2.19. The summed E-state index contributed by atoms with van der Waals surface area (Å²) in [6.45, 7) is 0.197. The highest BCUT2D eigenvalue weighted by atomic mass is 35.5. The molecule has 0 radical (unpaired) electrons. The Balaban J connectivity index is 1.29. The second-order valence-corrected chi connectivity index (χ2v) is 10.8. The second kappa shape index (κ2) is 11.3. The zero-order chi connectivity index (χ0) is 24.9. The van der Waals surface area contributed by atoms with E-state index in [1.807, 2.05) is 60.7 Å². The maximum Gasteiger partial charge on any atom is 0.250 e. The van der Waals surface area contributed by atoms with Crippen molar-refractivity contribution in [1.29, 1.82) is 0 Å². The minimum Gasteiger partial charge on any atom is -0.488 e. The second-order valence-electron chi connectivity index (χ2n) is 7.72. The number of benzene rings is 4. The zero-order valence-corrected chi connectivity index (χ0v) is 21.9. The number of rotatable bonds is 8. The van der Waals surface area contributed by atoms with Crippen LogP contribution in [0.5, 0.6) is 5.75 Å². The van der Waals surface area contributed by atoms with Gasteiger partial charge < -0.3 is 4.74 Å². The molecule has 0 bridgehead atoms. The number of ether oxygens (including phenoxy) is 1. The van der Waals surface area contributed by atoms with E-state index in [1.54, 1.807) is 35.8 Å². The number of nitrogens with zero attached hydrogens (tertiary/aromatic N) is 2. The molecular weight excluding hydrogens is 533 g/mol. The van der Waals surface area contributed by atoms with E-state index in [9.17, 15) is 4.79 Å². The summed E-state index contributed by atoms with van der Waals surface area (Å²) in [6, 6.07) is 25.0. The summed E-state index contributed by atoms with van der Waals surface area (Å²) < 4.78 is 8.04. The zero-order valence-electron chi connectivity index (χ0n) is 18.8. The van der Waals surface area contributed by atoms with Crippen LogP contribution in [0, 0.1) is 0 Å². The standard InChI is InChI=1S/C27H19Cl2N3O2S2/c28-21-8-5-9-22(29)20(21)15-34-24-13-12-17-6-1-2-7-18(17)19(24)14-30-32-26(33)16-35-27-31-23-10-3-4-11-25(23)36-27/h1-14H,15-16H2,(H,32,33)/b30-14+. The van der Waals surface area contributed by atoms with Gasteiger partial charge in [-0.2, -0.15) is 5.10 Å². The SMILES string of the molecule is O=C(CSc1nc2ccccc2s1)N/N=C/c1c(OCc2c(Cl)cccc2Cl)ccc2ccccc12. The van der Waals surface area contributed by atoms with Crippen molar-refractivity contribution in [2.75, 3.05) is 5.75 Å². The van der Waals surface area contributed by atoms with Crippen LogP contribution in [0.2, 0.25) is 10.0 Å². The first-order valence-electron chi connectivity index (χ1n) is 11.0. The third-order valence-corrected chi connectivity index (χ3v) is 8.24. The van der Waals surface area contributed by atoms with Crippen LogP contribution in [0.4, 0.5) is 0 Å². The Morgan fingerprint density at radius 1 is 1.00 bits per heavy atom. The minimum atomic E-state index is -0.221. The molecule has 0 spiro atoms. The van der Waals surface area contributed by atoms with Crippen molar-refractivity contribution >= 4 is 79.4 Å². The van der Waals surface area contributed by atoms with Crippen molar-refractivity contribution in [2.45, 2.75) is 10.9 Å². The molecule has 36 heavy (non-hydrogen) atoms. The quantitative estimate of drug-likeness (QED) is 0.123. The van der Waals surface area contributed by atoms with E-state index < -0.39 is 0 Å². The largest absolute Gasteiger partial charge is 0.488 e. The van der Waals surface area contributed by atoms with Crippen molar-refractivity contribution in [3.8, 4) is 5.75 Å². The highest BCUT2D eigenvalue weighted by molar-refractivity contribution is 8.01. The van der Waals surface area contributed by atoms with Crippen molar-refractivity contribution < 1.29 is 9.53 Å². The van der Waals surface area contributed by atoms with E-state index >= 15 is 0 Å². The van der Waals surface area contributed by atoms with Crippen LogP contribution >= 0.6 is 46.3 Å². The Hall–Kier alpha value is -3.10. The van der Waals surface area contributed by atoms with E-state index in [2.05, 4.69) is 15.5 Å². The van der Waals surface area contributed by atoms with E-state index in [-0.39, 0.29) is 18.3 Å². The maximum absolute atomic E-state index is 12.4.